The van der Waals surface area contributed by atoms with Crippen molar-refractivity contribution in [3.05, 3.63) is 59.0 Å². The molecule has 1 unspecified atom stereocenters. The number of halogens is 4. The number of benzene rings is 2. The molecule has 1 N–H and O–H groups in total. The van der Waals surface area contributed by atoms with Crippen LogP contribution in [-0.4, -0.2) is 35.0 Å². The molecule has 0 bridgehead atoms. The number of hydrogen-bond acceptors (Lipinski definition) is 4. The van der Waals surface area contributed by atoms with Crippen molar-refractivity contribution in [2.24, 2.45) is 5.92 Å². The molecule has 1 aliphatic rings. The number of nitrogens with zero attached hydrogens (tertiary/aromatic N) is 1. The molecule has 1 saturated carbocycles. The molecule has 186 valence electrons. The van der Waals surface area contributed by atoms with Crippen molar-refractivity contribution >= 4 is 22.8 Å². The fourth-order valence-electron chi connectivity index (χ4n) is 5.03. The Kier molecular flexibility index (Phi) is 6.48. The summed E-state index contributed by atoms with van der Waals surface area (Å²) in [6, 6.07) is 6.84. The van der Waals surface area contributed by atoms with Gasteiger partial charge in [-0.05, 0) is 61.6 Å². The number of aromatic nitrogens is 1. The van der Waals surface area contributed by atoms with Crippen LogP contribution >= 0.6 is 0 Å². The predicted molar refractivity (Wildman–Crippen MR) is 118 cm³/mol. The molecular weight excluding hydrogens is 470 g/mol. The molecule has 1 aromatic heterocycles. The van der Waals surface area contributed by atoms with Gasteiger partial charge in [0.1, 0.15) is 5.75 Å². The van der Waals surface area contributed by atoms with Gasteiger partial charge >= 0.3 is 12.3 Å². The maximum atomic E-state index is 14.7. The summed E-state index contributed by atoms with van der Waals surface area (Å²) in [5.41, 5.74) is 0.909. The Morgan fingerprint density at radius 1 is 1.11 bits per heavy atom. The highest BCUT2D eigenvalue weighted by atomic mass is 19.4. The van der Waals surface area contributed by atoms with Crippen LogP contribution in [0.2, 0.25) is 0 Å². The van der Waals surface area contributed by atoms with E-state index in [0.717, 1.165) is 43.9 Å². The monoisotopic (exact) mass is 493 g/mol. The lowest BCUT2D eigenvalue weighted by molar-refractivity contribution is -0.274. The first kappa shape index (κ1) is 24.6. The predicted octanol–water partition coefficient (Wildman–Crippen LogP) is 6.04. The first-order chi connectivity index (χ1) is 16.5. The minimum Gasteiger partial charge on any atom is -0.494 e. The van der Waals surface area contributed by atoms with Gasteiger partial charge in [0.25, 0.3) is 5.91 Å². The maximum Gasteiger partial charge on any atom is 0.573 e. The number of aliphatic carboxylic acids is 1. The van der Waals surface area contributed by atoms with Crippen molar-refractivity contribution < 1.29 is 41.7 Å². The second-order valence-corrected chi connectivity index (χ2v) is 8.58. The Morgan fingerprint density at radius 2 is 1.74 bits per heavy atom. The van der Waals surface area contributed by atoms with Crippen LogP contribution in [0.5, 0.6) is 11.5 Å². The van der Waals surface area contributed by atoms with Crippen molar-refractivity contribution in [2.75, 3.05) is 7.11 Å². The van der Waals surface area contributed by atoms with Gasteiger partial charge in [0, 0.05) is 22.7 Å². The van der Waals surface area contributed by atoms with E-state index in [1.54, 1.807) is 6.92 Å². The first-order valence-electron chi connectivity index (χ1n) is 11.0. The summed E-state index contributed by atoms with van der Waals surface area (Å²) in [7, 11) is 1.29. The number of hydrogen-bond donors (Lipinski definition) is 1. The van der Waals surface area contributed by atoms with Gasteiger partial charge in [0.15, 0.2) is 11.6 Å². The summed E-state index contributed by atoms with van der Waals surface area (Å²) in [6.07, 6.45) is -1.65. The Morgan fingerprint density at radius 3 is 2.29 bits per heavy atom. The number of methoxy groups -OCH3 is 1. The van der Waals surface area contributed by atoms with Crippen molar-refractivity contribution in [3.63, 3.8) is 0 Å². The summed E-state index contributed by atoms with van der Waals surface area (Å²) in [5, 5.41) is 10.5. The van der Waals surface area contributed by atoms with Crippen molar-refractivity contribution in [1.82, 2.24) is 4.57 Å². The van der Waals surface area contributed by atoms with Gasteiger partial charge in [-0.1, -0.05) is 12.8 Å². The van der Waals surface area contributed by atoms with Crippen LogP contribution in [0.1, 0.15) is 53.2 Å². The first-order valence-corrected chi connectivity index (χ1v) is 11.0. The number of carbonyl (C=O) groups is 2. The summed E-state index contributed by atoms with van der Waals surface area (Å²) in [6.45, 7) is 1.59. The Balaban J connectivity index is 1.88. The number of carboxylic acids is 1. The lowest BCUT2D eigenvalue weighted by atomic mass is 9.83. The van der Waals surface area contributed by atoms with Crippen molar-refractivity contribution in [2.45, 2.75) is 44.9 Å². The molecule has 0 saturated heterocycles. The molecule has 0 amide bonds. The van der Waals surface area contributed by atoms with Crippen LogP contribution in [-0.2, 0) is 4.79 Å². The fourth-order valence-corrected chi connectivity index (χ4v) is 5.03. The summed E-state index contributed by atoms with van der Waals surface area (Å²) >= 11 is 0. The van der Waals surface area contributed by atoms with E-state index >= 15 is 0 Å². The molecule has 1 fully saturated rings. The van der Waals surface area contributed by atoms with E-state index in [2.05, 4.69) is 4.74 Å². The largest absolute Gasteiger partial charge is 0.573 e. The quantitative estimate of drug-likeness (QED) is 0.424. The van der Waals surface area contributed by atoms with E-state index in [1.165, 1.54) is 29.9 Å². The van der Waals surface area contributed by atoms with Crippen LogP contribution in [0, 0.1) is 18.7 Å². The molecule has 35 heavy (non-hydrogen) atoms. The second kappa shape index (κ2) is 9.24. The number of ether oxygens (including phenoxy) is 2. The molecule has 0 spiro atoms. The highest BCUT2D eigenvalue weighted by molar-refractivity contribution is 6.05. The highest BCUT2D eigenvalue weighted by Crippen LogP contribution is 2.44. The lowest BCUT2D eigenvalue weighted by Gasteiger charge is -2.20. The smallest absolute Gasteiger partial charge is 0.494 e. The normalized spacial score (nSPS) is 15.4. The zero-order valence-electron chi connectivity index (χ0n) is 19.0. The van der Waals surface area contributed by atoms with Gasteiger partial charge in [0.2, 0.25) is 0 Å². The summed E-state index contributed by atoms with van der Waals surface area (Å²) in [5.74, 6) is -4.05. The third kappa shape index (κ3) is 4.69. The minimum atomic E-state index is -4.88. The highest BCUT2D eigenvalue weighted by Gasteiger charge is 2.37. The Bertz CT molecular complexity index is 1270. The SMILES string of the molecule is COc1cc2c(C(C(=O)O)C3CCCC3)c(C)n(C(=O)c3ccc(OC(F)(F)F)cc3)c2cc1F. The zero-order valence-corrected chi connectivity index (χ0v) is 19.0. The van der Waals surface area contributed by atoms with E-state index < -0.39 is 35.7 Å². The number of rotatable bonds is 6. The van der Waals surface area contributed by atoms with Crippen molar-refractivity contribution in [1.29, 1.82) is 0 Å². The molecule has 1 heterocycles. The minimum absolute atomic E-state index is 0.0232. The van der Waals surface area contributed by atoms with Crippen LogP contribution in [0.15, 0.2) is 36.4 Å². The lowest BCUT2D eigenvalue weighted by Crippen LogP contribution is -2.21. The van der Waals surface area contributed by atoms with Gasteiger partial charge in [-0.25, -0.2) is 4.39 Å². The molecule has 1 aliphatic carbocycles. The third-order valence-corrected chi connectivity index (χ3v) is 6.51. The topological polar surface area (TPSA) is 77.8 Å². The van der Waals surface area contributed by atoms with Crippen LogP contribution in [0.25, 0.3) is 10.9 Å². The van der Waals surface area contributed by atoms with E-state index in [0.29, 0.717) is 16.6 Å². The summed E-state index contributed by atoms with van der Waals surface area (Å²) < 4.78 is 62.3. The number of carboxylic acid groups (broad SMARTS) is 1. The average Bonchev–Trinajstić information content (AvgIpc) is 3.39. The zero-order chi connectivity index (χ0) is 25.5. The maximum absolute atomic E-state index is 14.7. The van der Waals surface area contributed by atoms with E-state index in [-0.39, 0.29) is 22.7 Å². The van der Waals surface area contributed by atoms with Gasteiger partial charge in [-0.2, -0.15) is 0 Å². The molecule has 6 nitrogen and oxygen atoms in total. The molecule has 1 atom stereocenters. The van der Waals surface area contributed by atoms with Crippen LogP contribution in [0.3, 0.4) is 0 Å². The van der Waals surface area contributed by atoms with Gasteiger partial charge in [0.05, 0.1) is 18.5 Å². The van der Waals surface area contributed by atoms with E-state index in [9.17, 15) is 32.3 Å². The van der Waals surface area contributed by atoms with Crippen LogP contribution in [0.4, 0.5) is 17.6 Å². The number of alkyl halides is 3. The second-order valence-electron chi connectivity index (χ2n) is 8.58. The molecule has 3 aromatic rings. The molecule has 4 rings (SSSR count). The molecule has 2 aromatic carbocycles. The van der Waals surface area contributed by atoms with E-state index in [4.69, 9.17) is 4.74 Å². The molecule has 0 aliphatic heterocycles. The molecule has 10 heteroatoms. The Hall–Kier alpha value is -3.56. The van der Waals surface area contributed by atoms with Gasteiger partial charge in [-0.15, -0.1) is 13.2 Å². The van der Waals surface area contributed by atoms with Crippen LogP contribution < -0.4 is 9.47 Å². The van der Waals surface area contributed by atoms with Gasteiger partial charge < -0.3 is 14.6 Å². The van der Waals surface area contributed by atoms with Gasteiger partial charge in [-0.3, -0.25) is 14.2 Å². The van der Waals surface area contributed by atoms with Crippen molar-refractivity contribution in [3.8, 4) is 11.5 Å². The number of carbonyl (C=O) groups excluding carboxylic acids is 1. The number of fused-ring (bicyclic) bond motifs is 1. The molecular formula is C25H23F4NO5. The van der Waals surface area contributed by atoms with E-state index in [1.807, 2.05) is 0 Å². The molecule has 0 radical (unpaired) electrons. The standard InChI is InChI=1S/C25H23F4NO5/c1-13-21(22(24(32)33)14-5-3-4-6-14)17-11-20(34-2)18(26)12-19(17)30(13)23(31)15-7-9-16(10-8-15)35-25(27,28)29/h7-12,14,22H,3-6H2,1-2H3,(H,32,33). The third-order valence-electron chi connectivity index (χ3n) is 6.51. The Labute approximate surface area is 198 Å². The fraction of sp³-hybridized carbons (Fsp3) is 0.360. The average molecular weight is 493 g/mol. The summed E-state index contributed by atoms with van der Waals surface area (Å²) in [4.78, 5) is 25.9.